The summed E-state index contributed by atoms with van der Waals surface area (Å²) in [4.78, 5) is 17.5. The second-order valence-corrected chi connectivity index (χ2v) is 10.2. The number of hydrogen-bond acceptors (Lipinski definition) is 4. The van der Waals surface area contributed by atoms with E-state index < -0.39 is 35.1 Å². The van der Waals surface area contributed by atoms with E-state index in [1.54, 1.807) is 24.3 Å². The van der Waals surface area contributed by atoms with Gasteiger partial charge in [0.2, 0.25) is 0 Å². The third-order valence-corrected chi connectivity index (χ3v) is 8.07. The van der Waals surface area contributed by atoms with Crippen LogP contribution in [0.4, 0.5) is 18.9 Å². The molecule has 5 nitrogen and oxygen atoms in total. The minimum atomic E-state index is -4.60. The predicted octanol–water partition coefficient (Wildman–Crippen LogP) is 5.27. The fourth-order valence-corrected chi connectivity index (χ4v) is 6.10. The topological polar surface area (TPSA) is 53.0 Å². The summed E-state index contributed by atoms with van der Waals surface area (Å²) in [6.45, 7) is 1.80. The normalized spacial score (nSPS) is 24.3. The Morgan fingerprint density at radius 2 is 1.74 bits per heavy atom. The van der Waals surface area contributed by atoms with Gasteiger partial charge in [-0.2, -0.15) is 13.2 Å². The molecule has 8 heteroatoms. The molecular weight excluding hydrogens is 493 g/mol. The molecule has 1 fully saturated rings. The number of benzene rings is 3. The average molecular weight is 525 g/mol. The summed E-state index contributed by atoms with van der Waals surface area (Å²) in [7, 11) is 2.99. The van der Waals surface area contributed by atoms with Crippen LogP contribution in [0.3, 0.4) is 0 Å². The number of halogens is 3. The maximum atomic E-state index is 14.1. The molecule has 5 rings (SSSR count). The number of alkyl halides is 3. The molecule has 200 valence electrons. The second-order valence-electron chi connectivity index (χ2n) is 10.2. The van der Waals surface area contributed by atoms with E-state index in [0.29, 0.717) is 37.4 Å². The summed E-state index contributed by atoms with van der Waals surface area (Å²) in [6, 6.07) is 20.7. The fourth-order valence-electron chi connectivity index (χ4n) is 6.10. The molecule has 38 heavy (non-hydrogen) atoms. The van der Waals surface area contributed by atoms with E-state index >= 15 is 0 Å². The molecule has 0 aliphatic carbocycles. The van der Waals surface area contributed by atoms with Crippen LogP contribution < -0.4 is 9.64 Å². The number of ether oxygens (including phenoxy) is 1. The van der Waals surface area contributed by atoms with Gasteiger partial charge in [0.05, 0.1) is 12.7 Å². The quantitative estimate of drug-likeness (QED) is 0.494. The standard InChI is InChI=1S/C30H31F3N2O3/c1-34-27-10-6-9-25(30(31,32)33)24(27)17-26(21-11-13-23(38-2)14-12-21)29(37,28(34)36)22-15-16-35(19-22)18-20-7-4-3-5-8-20/h3-14,22,26,37H,15-19H2,1-2H3. The largest absolute Gasteiger partial charge is 0.497 e. The molecule has 1 saturated heterocycles. The van der Waals surface area contributed by atoms with Crippen molar-refractivity contribution in [1.82, 2.24) is 4.90 Å². The lowest BCUT2D eigenvalue weighted by Crippen LogP contribution is -2.56. The molecule has 2 aliphatic heterocycles. The zero-order valence-electron chi connectivity index (χ0n) is 21.4. The Hall–Kier alpha value is -3.36. The fraction of sp³-hybridized carbons (Fsp3) is 0.367. The van der Waals surface area contributed by atoms with E-state index in [2.05, 4.69) is 4.90 Å². The van der Waals surface area contributed by atoms with Crippen molar-refractivity contribution in [1.29, 1.82) is 0 Å². The average Bonchev–Trinajstić information content (AvgIpc) is 3.36. The van der Waals surface area contributed by atoms with Crippen LogP contribution in [-0.2, 0) is 23.9 Å². The van der Waals surface area contributed by atoms with E-state index in [1.807, 2.05) is 30.3 Å². The number of hydrogen-bond donors (Lipinski definition) is 1. The Kier molecular flexibility index (Phi) is 6.96. The Morgan fingerprint density at radius 3 is 2.39 bits per heavy atom. The highest BCUT2D eigenvalue weighted by Crippen LogP contribution is 2.48. The van der Waals surface area contributed by atoms with Crippen LogP contribution in [0.2, 0.25) is 0 Å². The molecule has 3 atom stereocenters. The molecule has 3 aromatic carbocycles. The lowest BCUT2D eigenvalue weighted by molar-refractivity contribution is -0.145. The van der Waals surface area contributed by atoms with Crippen LogP contribution in [0.15, 0.2) is 72.8 Å². The molecule has 0 spiro atoms. The molecule has 2 heterocycles. The summed E-state index contributed by atoms with van der Waals surface area (Å²) in [5.74, 6) is -1.34. The number of likely N-dealkylation sites (tertiary alicyclic amines) is 1. The number of aliphatic hydroxyl groups is 1. The van der Waals surface area contributed by atoms with Crippen molar-refractivity contribution in [3.8, 4) is 5.75 Å². The highest BCUT2D eigenvalue weighted by Gasteiger charge is 2.56. The Bertz CT molecular complexity index is 1300. The van der Waals surface area contributed by atoms with Crippen LogP contribution in [0.25, 0.3) is 0 Å². The highest BCUT2D eigenvalue weighted by molar-refractivity contribution is 6.01. The van der Waals surface area contributed by atoms with Crippen LogP contribution in [-0.4, -0.2) is 48.8 Å². The van der Waals surface area contributed by atoms with Gasteiger partial charge in [0.25, 0.3) is 5.91 Å². The number of fused-ring (bicyclic) bond motifs is 1. The number of carbonyl (C=O) groups is 1. The second kappa shape index (κ2) is 10.1. The van der Waals surface area contributed by atoms with E-state index in [9.17, 15) is 23.1 Å². The third-order valence-electron chi connectivity index (χ3n) is 8.07. The number of methoxy groups -OCH3 is 1. The smallest absolute Gasteiger partial charge is 0.416 e. The molecule has 0 radical (unpaired) electrons. The number of likely N-dealkylation sites (N-methyl/N-ethyl adjacent to an activating group) is 1. The first-order chi connectivity index (χ1) is 18.1. The maximum absolute atomic E-state index is 14.1. The van der Waals surface area contributed by atoms with Gasteiger partial charge in [0.15, 0.2) is 5.60 Å². The molecular formula is C30H31F3N2O3. The molecule has 1 N–H and O–H groups in total. The predicted molar refractivity (Wildman–Crippen MR) is 139 cm³/mol. The van der Waals surface area contributed by atoms with E-state index in [4.69, 9.17) is 4.74 Å². The summed E-state index contributed by atoms with van der Waals surface area (Å²) in [6.07, 6.45) is -4.17. The lowest BCUT2D eigenvalue weighted by Gasteiger charge is -2.40. The maximum Gasteiger partial charge on any atom is 0.416 e. The van der Waals surface area contributed by atoms with Crippen molar-refractivity contribution in [2.45, 2.75) is 37.1 Å². The van der Waals surface area contributed by atoms with Gasteiger partial charge in [-0.05, 0) is 60.3 Å². The van der Waals surface area contributed by atoms with Gasteiger partial charge in [-0.3, -0.25) is 9.69 Å². The van der Waals surface area contributed by atoms with E-state index in [0.717, 1.165) is 11.6 Å². The van der Waals surface area contributed by atoms with Crippen LogP contribution in [0.1, 0.15) is 34.6 Å². The summed E-state index contributed by atoms with van der Waals surface area (Å²) in [5.41, 5.74) is -0.768. The SMILES string of the molecule is COc1ccc(C2Cc3c(cccc3C(F)(F)F)N(C)C(=O)C2(O)C2CCN(Cc3ccccc3)C2)cc1. The summed E-state index contributed by atoms with van der Waals surface area (Å²) >= 11 is 0. The van der Waals surface area contributed by atoms with Gasteiger partial charge < -0.3 is 14.7 Å². The van der Waals surface area contributed by atoms with Crippen LogP contribution in [0, 0.1) is 5.92 Å². The Labute approximate surface area is 220 Å². The minimum absolute atomic E-state index is 0.0201. The molecule has 0 aromatic heterocycles. The molecule has 3 aromatic rings. The summed E-state index contributed by atoms with van der Waals surface area (Å²) < 4.78 is 47.6. The lowest BCUT2D eigenvalue weighted by atomic mass is 9.70. The van der Waals surface area contributed by atoms with Gasteiger partial charge in [0, 0.05) is 37.7 Å². The first-order valence-corrected chi connectivity index (χ1v) is 12.7. The number of anilines is 1. The van der Waals surface area contributed by atoms with Crippen molar-refractivity contribution < 1.29 is 27.8 Å². The van der Waals surface area contributed by atoms with E-state index in [1.165, 1.54) is 31.2 Å². The van der Waals surface area contributed by atoms with Gasteiger partial charge in [-0.1, -0.05) is 48.5 Å². The zero-order chi connectivity index (χ0) is 27.1. The highest BCUT2D eigenvalue weighted by atomic mass is 19.4. The molecule has 0 bridgehead atoms. The number of carbonyl (C=O) groups excluding carboxylic acids is 1. The van der Waals surface area contributed by atoms with Crippen molar-refractivity contribution >= 4 is 11.6 Å². The monoisotopic (exact) mass is 524 g/mol. The van der Waals surface area contributed by atoms with E-state index in [-0.39, 0.29) is 17.7 Å². The van der Waals surface area contributed by atoms with Crippen LogP contribution in [0.5, 0.6) is 5.75 Å². The molecule has 0 saturated carbocycles. The number of rotatable bonds is 5. The van der Waals surface area contributed by atoms with Gasteiger partial charge in [0.1, 0.15) is 5.75 Å². The molecule has 1 amide bonds. The Balaban J connectivity index is 1.58. The first-order valence-electron chi connectivity index (χ1n) is 12.7. The number of nitrogens with zero attached hydrogens (tertiary/aromatic N) is 2. The van der Waals surface area contributed by atoms with Gasteiger partial charge in [-0.15, -0.1) is 0 Å². The minimum Gasteiger partial charge on any atom is -0.497 e. The molecule has 3 unspecified atom stereocenters. The van der Waals surface area contributed by atoms with Crippen molar-refractivity contribution in [3.63, 3.8) is 0 Å². The zero-order valence-corrected chi connectivity index (χ0v) is 21.4. The van der Waals surface area contributed by atoms with Gasteiger partial charge >= 0.3 is 6.18 Å². The van der Waals surface area contributed by atoms with Crippen molar-refractivity contribution in [2.24, 2.45) is 5.92 Å². The van der Waals surface area contributed by atoms with Crippen molar-refractivity contribution in [2.75, 3.05) is 32.1 Å². The molecule has 2 aliphatic rings. The number of amides is 1. The third kappa shape index (κ3) is 4.67. The van der Waals surface area contributed by atoms with Gasteiger partial charge in [-0.25, -0.2) is 0 Å². The first kappa shape index (κ1) is 26.3. The van der Waals surface area contributed by atoms with Crippen LogP contribution >= 0.6 is 0 Å². The summed E-state index contributed by atoms with van der Waals surface area (Å²) in [5, 5.41) is 12.4. The Morgan fingerprint density at radius 1 is 1.03 bits per heavy atom. The van der Waals surface area contributed by atoms with Crippen molar-refractivity contribution in [3.05, 3.63) is 95.1 Å².